The highest BCUT2D eigenvalue weighted by molar-refractivity contribution is 5.73. The maximum Gasteiger partial charge on any atom is 0.312 e. The van der Waals surface area contributed by atoms with Gasteiger partial charge in [0.25, 0.3) is 0 Å². The van der Waals surface area contributed by atoms with E-state index >= 15 is 0 Å². The van der Waals surface area contributed by atoms with Crippen LogP contribution in [0.1, 0.15) is 5.56 Å². The molecule has 1 aromatic rings. The van der Waals surface area contributed by atoms with Gasteiger partial charge in [0.1, 0.15) is 6.61 Å². The Hall–Kier alpha value is -1.47. The van der Waals surface area contributed by atoms with Crippen LogP contribution < -0.4 is 17.0 Å². The van der Waals surface area contributed by atoms with Gasteiger partial charge in [0.15, 0.2) is 0 Å². The van der Waals surface area contributed by atoms with Gasteiger partial charge in [-0.25, -0.2) is 0 Å². The predicted octanol–water partition coefficient (Wildman–Crippen LogP) is -0.871. The Morgan fingerprint density at radius 2 is 2.06 bits per heavy atom. The molecule has 0 spiro atoms. The molecule has 0 heterocycles. The van der Waals surface area contributed by atoms with Crippen molar-refractivity contribution in [2.45, 2.75) is 12.6 Å². The lowest BCUT2D eigenvalue weighted by Crippen LogP contribution is -2.49. The normalized spacial score (nSPS) is 13.9. The first kappa shape index (κ1) is 14.6. The fraction of sp³-hybridized carbons (Fsp3) is 0.417. The standard InChI is InChI=1S/C12H19N3O3/c13-6-10(11(7-16)15-14)12(17)18-8-9-4-2-1-3-5-9/h1-5,10-11,15-16H,6-8,13-14H2/t10?,11-/m1/s1. The van der Waals surface area contributed by atoms with Crippen molar-refractivity contribution in [3.8, 4) is 0 Å². The van der Waals surface area contributed by atoms with Gasteiger partial charge in [0, 0.05) is 6.54 Å². The topological polar surface area (TPSA) is 111 Å². The van der Waals surface area contributed by atoms with Crippen LogP contribution in [0, 0.1) is 5.92 Å². The number of carbonyl (C=O) groups excluding carboxylic acids is 1. The van der Waals surface area contributed by atoms with E-state index in [9.17, 15) is 4.79 Å². The van der Waals surface area contributed by atoms with Crippen LogP contribution in [0.5, 0.6) is 0 Å². The first-order valence-corrected chi connectivity index (χ1v) is 5.70. The monoisotopic (exact) mass is 253 g/mol. The molecule has 100 valence electrons. The third kappa shape index (κ3) is 4.08. The summed E-state index contributed by atoms with van der Waals surface area (Å²) in [5.41, 5.74) is 8.73. The molecule has 0 aliphatic carbocycles. The van der Waals surface area contributed by atoms with E-state index in [0.717, 1.165) is 5.56 Å². The van der Waals surface area contributed by atoms with Gasteiger partial charge < -0.3 is 15.6 Å². The summed E-state index contributed by atoms with van der Waals surface area (Å²) in [5.74, 6) is 4.09. The molecule has 0 amide bonds. The molecule has 6 heteroatoms. The molecule has 0 radical (unpaired) electrons. The molecule has 1 rings (SSSR count). The number of aliphatic hydroxyl groups excluding tert-OH is 1. The molecule has 0 aliphatic heterocycles. The van der Waals surface area contributed by atoms with E-state index < -0.39 is 17.9 Å². The SMILES string of the molecule is NCC(C(=O)OCc1ccccc1)[C@@H](CO)NN. The molecule has 0 bridgehead atoms. The summed E-state index contributed by atoms with van der Waals surface area (Å²) in [6.45, 7) is -0.0409. The van der Waals surface area contributed by atoms with E-state index in [1.54, 1.807) is 0 Å². The highest BCUT2D eigenvalue weighted by atomic mass is 16.5. The molecule has 6 nitrogen and oxygen atoms in total. The summed E-state index contributed by atoms with van der Waals surface area (Å²) < 4.78 is 5.14. The molecule has 0 saturated heterocycles. The summed E-state index contributed by atoms with van der Waals surface area (Å²) >= 11 is 0. The second kappa shape index (κ2) is 7.78. The van der Waals surface area contributed by atoms with Gasteiger partial charge in [0.2, 0.25) is 0 Å². The molecule has 0 aliphatic rings. The number of hydrogen-bond acceptors (Lipinski definition) is 6. The van der Waals surface area contributed by atoms with Gasteiger partial charge >= 0.3 is 5.97 Å². The van der Waals surface area contributed by atoms with Crippen LogP contribution in [0.4, 0.5) is 0 Å². The predicted molar refractivity (Wildman–Crippen MR) is 67.0 cm³/mol. The molecule has 0 saturated carbocycles. The summed E-state index contributed by atoms with van der Waals surface area (Å²) in [7, 11) is 0. The minimum Gasteiger partial charge on any atom is -0.461 e. The molecule has 6 N–H and O–H groups in total. The van der Waals surface area contributed by atoms with Gasteiger partial charge in [-0.2, -0.15) is 0 Å². The second-order valence-corrected chi connectivity index (χ2v) is 3.89. The molecular weight excluding hydrogens is 234 g/mol. The quantitative estimate of drug-likeness (QED) is 0.285. The van der Waals surface area contributed by atoms with E-state index in [1.165, 1.54) is 0 Å². The van der Waals surface area contributed by atoms with Crippen LogP contribution in [-0.2, 0) is 16.1 Å². The zero-order chi connectivity index (χ0) is 13.4. The Bertz CT molecular complexity index is 355. The zero-order valence-corrected chi connectivity index (χ0v) is 10.1. The van der Waals surface area contributed by atoms with Crippen LogP contribution in [0.25, 0.3) is 0 Å². The number of carbonyl (C=O) groups is 1. The molecule has 0 aromatic heterocycles. The molecule has 0 fully saturated rings. The average Bonchev–Trinajstić information content (AvgIpc) is 2.43. The van der Waals surface area contributed by atoms with E-state index in [0.29, 0.717) is 0 Å². The van der Waals surface area contributed by atoms with Gasteiger partial charge in [0.05, 0.1) is 18.6 Å². The number of nitrogens with two attached hydrogens (primary N) is 2. The number of hydrazine groups is 1. The Balaban J connectivity index is 2.52. The van der Waals surface area contributed by atoms with Crippen molar-refractivity contribution in [2.75, 3.05) is 13.2 Å². The van der Waals surface area contributed by atoms with Crippen LogP contribution in [0.2, 0.25) is 0 Å². The smallest absolute Gasteiger partial charge is 0.312 e. The lowest BCUT2D eigenvalue weighted by Gasteiger charge is -2.21. The van der Waals surface area contributed by atoms with Crippen LogP contribution >= 0.6 is 0 Å². The van der Waals surface area contributed by atoms with Gasteiger partial charge in [-0.15, -0.1) is 0 Å². The summed E-state index contributed by atoms with van der Waals surface area (Å²) in [6.07, 6.45) is 0. The number of benzene rings is 1. The molecule has 2 atom stereocenters. The Morgan fingerprint density at radius 1 is 1.39 bits per heavy atom. The minimum absolute atomic E-state index is 0.0586. The number of aliphatic hydroxyl groups is 1. The Kier molecular flexibility index (Phi) is 6.31. The summed E-state index contributed by atoms with van der Waals surface area (Å²) in [4.78, 5) is 11.8. The lowest BCUT2D eigenvalue weighted by atomic mass is 10.0. The molecule has 1 unspecified atom stereocenters. The Labute approximate surface area is 106 Å². The van der Waals surface area contributed by atoms with Gasteiger partial charge in [-0.05, 0) is 5.56 Å². The first-order chi connectivity index (χ1) is 8.72. The maximum atomic E-state index is 11.8. The van der Waals surface area contributed by atoms with Crippen LogP contribution in [-0.4, -0.2) is 30.3 Å². The van der Waals surface area contributed by atoms with E-state index in [2.05, 4.69) is 5.43 Å². The van der Waals surface area contributed by atoms with E-state index in [-0.39, 0.29) is 19.8 Å². The lowest BCUT2D eigenvalue weighted by molar-refractivity contribution is -0.151. The zero-order valence-electron chi connectivity index (χ0n) is 10.1. The van der Waals surface area contributed by atoms with E-state index in [1.807, 2.05) is 30.3 Å². The highest BCUT2D eigenvalue weighted by Crippen LogP contribution is 2.07. The highest BCUT2D eigenvalue weighted by Gasteiger charge is 2.27. The number of rotatable bonds is 7. The van der Waals surface area contributed by atoms with Crippen molar-refractivity contribution < 1.29 is 14.6 Å². The summed E-state index contributed by atoms with van der Waals surface area (Å²) in [6, 6.07) is 8.72. The Morgan fingerprint density at radius 3 is 2.56 bits per heavy atom. The van der Waals surface area contributed by atoms with Crippen molar-refractivity contribution in [1.82, 2.24) is 5.43 Å². The van der Waals surface area contributed by atoms with Crippen molar-refractivity contribution in [3.05, 3.63) is 35.9 Å². The number of hydrogen-bond donors (Lipinski definition) is 4. The van der Waals surface area contributed by atoms with Crippen LogP contribution in [0.15, 0.2) is 30.3 Å². The van der Waals surface area contributed by atoms with Crippen LogP contribution in [0.3, 0.4) is 0 Å². The van der Waals surface area contributed by atoms with Crippen molar-refractivity contribution in [3.63, 3.8) is 0 Å². The van der Waals surface area contributed by atoms with Crippen molar-refractivity contribution >= 4 is 5.97 Å². The van der Waals surface area contributed by atoms with Crippen molar-refractivity contribution in [1.29, 1.82) is 0 Å². The minimum atomic E-state index is -0.663. The first-order valence-electron chi connectivity index (χ1n) is 5.70. The van der Waals surface area contributed by atoms with Gasteiger partial charge in [-0.1, -0.05) is 30.3 Å². The third-order valence-corrected chi connectivity index (χ3v) is 2.68. The molecular formula is C12H19N3O3. The summed E-state index contributed by atoms with van der Waals surface area (Å²) in [5, 5.41) is 9.06. The fourth-order valence-electron chi connectivity index (χ4n) is 1.56. The fourth-order valence-corrected chi connectivity index (χ4v) is 1.56. The molecule has 18 heavy (non-hydrogen) atoms. The third-order valence-electron chi connectivity index (χ3n) is 2.68. The maximum absolute atomic E-state index is 11.8. The van der Waals surface area contributed by atoms with Gasteiger partial charge in [-0.3, -0.25) is 16.1 Å². The number of ether oxygens (including phenoxy) is 1. The number of nitrogens with one attached hydrogen (secondary N) is 1. The largest absolute Gasteiger partial charge is 0.461 e. The van der Waals surface area contributed by atoms with E-state index in [4.69, 9.17) is 21.4 Å². The average molecular weight is 253 g/mol. The van der Waals surface area contributed by atoms with Crippen molar-refractivity contribution in [2.24, 2.45) is 17.5 Å². The second-order valence-electron chi connectivity index (χ2n) is 3.89. The molecule has 1 aromatic carbocycles. The number of esters is 1.